The fraction of sp³-hybridized carbons (Fsp3) is 0.600. The van der Waals surface area contributed by atoms with Gasteiger partial charge in [0.15, 0.2) is 0 Å². The summed E-state index contributed by atoms with van der Waals surface area (Å²) in [5.41, 5.74) is 2.12. The van der Waals surface area contributed by atoms with E-state index >= 15 is 0 Å². The molecule has 2 rings (SSSR count). The van der Waals surface area contributed by atoms with Gasteiger partial charge in [0.2, 0.25) is 0 Å². The van der Waals surface area contributed by atoms with Crippen molar-refractivity contribution in [3.63, 3.8) is 0 Å². The van der Waals surface area contributed by atoms with Gasteiger partial charge < -0.3 is 10.4 Å². The van der Waals surface area contributed by atoms with Crippen LogP contribution in [0.25, 0.3) is 0 Å². The van der Waals surface area contributed by atoms with Crippen LogP contribution in [0.5, 0.6) is 0 Å². The van der Waals surface area contributed by atoms with Gasteiger partial charge in [-0.3, -0.25) is 0 Å². The minimum absolute atomic E-state index is 0.116. The summed E-state index contributed by atoms with van der Waals surface area (Å²) in [5.74, 6) is 1.47. The third-order valence-electron chi connectivity index (χ3n) is 3.99. The number of nitrogens with one attached hydrogen (secondary N) is 1. The van der Waals surface area contributed by atoms with E-state index in [1.165, 1.54) is 19.3 Å². The van der Waals surface area contributed by atoms with Gasteiger partial charge in [0, 0.05) is 11.7 Å². The number of benzene rings is 1. The van der Waals surface area contributed by atoms with Crippen LogP contribution in [0.1, 0.15) is 38.7 Å². The van der Waals surface area contributed by atoms with Crippen LogP contribution in [-0.2, 0) is 6.61 Å². The van der Waals surface area contributed by atoms with Crippen LogP contribution in [0.3, 0.4) is 0 Å². The van der Waals surface area contributed by atoms with Crippen molar-refractivity contribution in [1.29, 1.82) is 0 Å². The van der Waals surface area contributed by atoms with E-state index in [9.17, 15) is 0 Å². The SMILES string of the molecule is CC1CCCC(C)C1Nc1cccc(CO)c1. The molecule has 1 aromatic carbocycles. The average molecular weight is 233 g/mol. The summed E-state index contributed by atoms with van der Waals surface area (Å²) in [6.07, 6.45) is 4.00. The fourth-order valence-corrected chi connectivity index (χ4v) is 2.92. The molecule has 17 heavy (non-hydrogen) atoms. The topological polar surface area (TPSA) is 32.3 Å². The summed E-state index contributed by atoms with van der Waals surface area (Å²) in [5, 5.41) is 12.8. The molecule has 2 N–H and O–H groups in total. The van der Waals surface area contributed by atoms with Crippen molar-refractivity contribution in [1.82, 2.24) is 0 Å². The van der Waals surface area contributed by atoms with Crippen molar-refractivity contribution in [3.8, 4) is 0 Å². The molecule has 2 unspecified atom stereocenters. The maximum Gasteiger partial charge on any atom is 0.0682 e. The lowest BCUT2D eigenvalue weighted by atomic mass is 9.78. The second-order valence-electron chi connectivity index (χ2n) is 5.41. The van der Waals surface area contributed by atoms with E-state index in [1.54, 1.807) is 0 Å². The first-order valence-corrected chi connectivity index (χ1v) is 6.67. The number of anilines is 1. The van der Waals surface area contributed by atoms with Gasteiger partial charge in [-0.05, 0) is 42.4 Å². The molecule has 0 heterocycles. The first-order valence-electron chi connectivity index (χ1n) is 6.67. The standard InChI is InChI=1S/C15H23NO/c1-11-5-3-6-12(2)15(11)16-14-8-4-7-13(9-14)10-17/h4,7-9,11-12,15-17H,3,5-6,10H2,1-2H3. The largest absolute Gasteiger partial charge is 0.392 e. The number of aliphatic hydroxyl groups excluding tert-OH is 1. The van der Waals surface area contributed by atoms with E-state index < -0.39 is 0 Å². The normalized spacial score (nSPS) is 29.0. The van der Waals surface area contributed by atoms with Crippen LogP contribution in [-0.4, -0.2) is 11.1 Å². The lowest BCUT2D eigenvalue weighted by molar-refractivity contribution is 0.268. The Balaban J connectivity index is 2.07. The van der Waals surface area contributed by atoms with Crippen molar-refractivity contribution in [2.45, 2.75) is 45.8 Å². The molecular weight excluding hydrogens is 210 g/mol. The zero-order chi connectivity index (χ0) is 12.3. The number of hydrogen-bond donors (Lipinski definition) is 2. The Morgan fingerprint density at radius 3 is 2.59 bits per heavy atom. The van der Waals surface area contributed by atoms with Crippen LogP contribution in [0, 0.1) is 11.8 Å². The number of aliphatic hydroxyl groups is 1. The van der Waals surface area contributed by atoms with Gasteiger partial charge in [-0.25, -0.2) is 0 Å². The van der Waals surface area contributed by atoms with Crippen molar-refractivity contribution in [2.24, 2.45) is 11.8 Å². The van der Waals surface area contributed by atoms with Crippen LogP contribution < -0.4 is 5.32 Å². The molecule has 0 spiro atoms. The molecule has 2 atom stereocenters. The van der Waals surface area contributed by atoms with E-state index in [2.05, 4.69) is 25.2 Å². The highest BCUT2D eigenvalue weighted by Gasteiger charge is 2.27. The summed E-state index contributed by atoms with van der Waals surface area (Å²) >= 11 is 0. The molecule has 0 radical (unpaired) electrons. The van der Waals surface area contributed by atoms with Gasteiger partial charge >= 0.3 is 0 Å². The molecule has 0 saturated heterocycles. The van der Waals surface area contributed by atoms with Crippen LogP contribution >= 0.6 is 0 Å². The van der Waals surface area contributed by atoms with Gasteiger partial charge in [-0.15, -0.1) is 0 Å². The molecular formula is C15H23NO. The average Bonchev–Trinajstić information content (AvgIpc) is 2.34. The molecule has 2 nitrogen and oxygen atoms in total. The van der Waals surface area contributed by atoms with Gasteiger partial charge in [0.05, 0.1) is 6.61 Å². The maximum atomic E-state index is 9.14. The summed E-state index contributed by atoms with van der Waals surface area (Å²) in [4.78, 5) is 0. The Morgan fingerprint density at radius 2 is 1.94 bits per heavy atom. The van der Waals surface area contributed by atoms with Crippen LogP contribution in [0.4, 0.5) is 5.69 Å². The van der Waals surface area contributed by atoms with Crippen LogP contribution in [0.2, 0.25) is 0 Å². The van der Waals surface area contributed by atoms with E-state index in [4.69, 9.17) is 5.11 Å². The Bertz CT molecular complexity index is 354. The van der Waals surface area contributed by atoms with E-state index in [-0.39, 0.29) is 6.61 Å². The van der Waals surface area contributed by atoms with Crippen molar-refractivity contribution in [2.75, 3.05) is 5.32 Å². The first-order chi connectivity index (χ1) is 8.20. The molecule has 1 saturated carbocycles. The molecule has 1 fully saturated rings. The van der Waals surface area contributed by atoms with E-state index in [0.717, 1.165) is 23.1 Å². The summed E-state index contributed by atoms with van der Waals surface area (Å²) in [6, 6.07) is 8.67. The van der Waals surface area contributed by atoms with Gasteiger partial charge in [0.1, 0.15) is 0 Å². The predicted octanol–water partition coefficient (Wildman–Crippen LogP) is 3.42. The maximum absolute atomic E-state index is 9.14. The summed E-state index contributed by atoms with van der Waals surface area (Å²) < 4.78 is 0. The molecule has 94 valence electrons. The van der Waals surface area contributed by atoms with Crippen molar-refractivity contribution in [3.05, 3.63) is 29.8 Å². The third kappa shape index (κ3) is 3.01. The van der Waals surface area contributed by atoms with Gasteiger partial charge in [-0.2, -0.15) is 0 Å². The lowest BCUT2D eigenvalue weighted by Crippen LogP contribution is -2.37. The fourth-order valence-electron chi connectivity index (χ4n) is 2.92. The van der Waals surface area contributed by atoms with Gasteiger partial charge in [-0.1, -0.05) is 32.4 Å². The molecule has 2 heteroatoms. The highest BCUT2D eigenvalue weighted by molar-refractivity contribution is 5.46. The summed E-state index contributed by atoms with van der Waals surface area (Å²) in [6.45, 7) is 4.79. The van der Waals surface area contributed by atoms with Gasteiger partial charge in [0.25, 0.3) is 0 Å². The Labute approximate surface area is 104 Å². The lowest BCUT2D eigenvalue weighted by Gasteiger charge is -2.36. The molecule has 0 aliphatic heterocycles. The number of hydrogen-bond acceptors (Lipinski definition) is 2. The quantitative estimate of drug-likeness (QED) is 0.838. The smallest absolute Gasteiger partial charge is 0.0682 e. The van der Waals surface area contributed by atoms with Crippen LogP contribution in [0.15, 0.2) is 24.3 Å². The third-order valence-corrected chi connectivity index (χ3v) is 3.99. The second-order valence-corrected chi connectivity index (χ2v) is 5.41. The van der Waals surface area contributed by atoms with Crippen molar-refractivity contribution >= 4 is 5.69 Å². The Morgan fingerprint density at radius 1 is 1.24 bits per heavy atom. The first kappa shape index (κ1) is 12.4. The van der Waals surface area contributed by atoms with E-state index in [1.807, 2.05) is 18.2 Å². The molecule has 1 aliphatic carbocycles. The summed E-state index contributed by atoms with van der Waals surface area (Å²) in [7, 11) is 0. The molecule has 0 aromatic heterocycles. The van der Waals surface area contributed by atoms with E-state index in [0.29, 0.717) is 6.04 Å². The molecule has 1 aliphatic rings. The predicted molar refractivity (Wildman–Crippen MR) is 72.0 cm³/mol. The highest BCUT2D eigenvalue weighted by Crippen LogP contribution is 2.31. The number of rotatable bonds is 3. The highest BCUT2D eigenvalue weighted by atomic mass is 16.3. The molecule has 0 amide bonds. The molecule has 0 bridgehead atoms. The zero-order valence-corrected chi connectivity index (χ0v) is 10.8. The minimum atomic E-state index is 0.116. The Kier molecular flexibility index (Phi) is 4.06. The Hall–Kier alpha value is -1.02. The van der Waals surface area contributed by atoms with Crippen molar-refractivity contribution < 1.29 is 5.11 Å². The molecule has 1 aromatic rings. The monoisotopic (exact) mass is 233 g/mol. The zero-order valence-electron chi connectivity index (χ0n) is 10.8. The second kappa shape index (κ2) is 5.54. The minimum Gasteiger partial charge on any atom is -0.392 e.